The first-order chi connectivity index (χ1) is 8.40. The maximum atomic E-state index is 6.02. The van der Waals surface area contributed by atoms with Gasteiger partial charge < -0.3 is 14.8 Å². The first-order valence-corrected chi connectivity index (χ1v) is 7.30. The zero-order valence-electron chi connectivity index (χ0n) is 12.8. The number of rotatable bonds is 6. The Bertz CT molecular complexity index is 225. The van der Waals surface area contributed by atoms with Crippen LogP contribution in [-0.2, 0) is 9.47 Å². The van der Waals surface area contributed by atoms with Gasteiger partial charge in [0.1, 0.15) is 0 Å². The van der Waals surface area contributed by atoms with Gasteiger partial charge in [0.2, 0.25) is 0 Å². The Morgan fingerprint density at radius 1 is 1.22 bits per heavy atom. The van der Waals surface area contributed by atoms with Gasteiger partial charge in [0, 0.05) is 19.2 Å². The summed E-state index contributed by atoms with van der Waals surface area (Å²) in [5.74, 6) is 0.562. The van der Waals surface area contributed by atoms with E-state index < -0.39 is 0 Å². The third-order valence-corrected chi connectivity index (χ3v) is 3.51. The third-order valence-electron chi connectivity index (χ3n) is 3.51. The number of nitrogens with one attached hydrogen (secondary N) is 1. The third kappa shape index (κ3) is 6.72. The topological polar surface area (TPSA) is 30.5 Å². The summed E-state index contributed by atoms with van der Waals surface area (Å²) in [6.45, 7) is 10.7. The first kappa shape index (κ1) is 15.9. The zero-order chi connectivity index (χ0) is 13.6. The number of ether oxygens (including phenoxy) is 2. The molecule has 1 saturated carbocycles. The molecule has 3 heteroatoms. The van der Waals surface area contributed by atoms with E-state index in [2.05, 4.69) is 33.0 Å². The summed E-state index contributed by atoms with van der Waals surface area (Å²) in [5.41, 5.74) is 0.195. The normalized spacial score (nSPS) is 27.2. The Morgan fingerprint density at radius 2 is 1.89 bits per heavy atom. The highest BCUT2D eigenvalue weighted by Crippen LogP contribution is 2.23. The van der Waals surface area contributed by atoms with E-state index in [1.54, 1.807) is 0 Å². The van der Waals surface area contributed by atoms with Crippen LogP contribution in [0.25, 0.3) is 0 Å². The fourth-order valence-electron chi connectivity index (χ4n) is 2.31. The van der Waals surface area contributed by atoms with Gasteiger partial charge in [0.05, 0.1) is 18.8 Å². The van der Waals surface area contributed by atoms with Crippen molar-refractivity contribution in [2.45, 2.75) is 71.1 Å². The predicted octanol–water partition coefficient (Wildman–Crippen LogP) is 2.98. The van der Waals surface area contributed by atoms with Crippen molar-refractivity contribution in [2.24, 2.45) is 5.92 Å². The van der Waals surface area contributed by atoms with E-state index in [-0.39, 0.29) is 5.54 Å². The highest BCUT2D eigenvalue weighted by molar-refractivity contribution is 4.75. The van der Waals surface area contributed by atoms with Gasteiger partial charge in [-0.15, -0.1) is 0 Å². The molecule has 3 atom stereocenters. The molecule has 1 aliphatic rings. The summed E-state index contributed by atoms with van der Waals surface area (Å²) in [4.78, 5) is 0. The van der Waals surface area contributed by atoms with E-state index >= 15 is 0 Å². The van der Waals surface area contributed by atoms with Crippen molar-refractivity contribution < 1.29 is 9.47 Å². The van der Waals surface area contributed by atoms with Crippen LogP contribution >= 0.6 is 0 Å². The lowest BCUT2D eigenvalue weighted by atomic mass is 9.95. The fourth-order valence-corrected chi connectivity index (χ4v) is 2.31. The van der Waals surface area contributed by atoms with Crippen molar-refractivity contribution >= 4 is 0 Å². The summed E-state index contributed by atoms with van der Waals surface area (Å²) < 4.78 is 11.5. The summed E-state index contributed by atoms with van der Waals surface area (Å²) in [6.07, 6.45) is 5.50. The van der Waals surface area contributed by atoms with Crippen LogP contribution in [-0.4, -0.2) is 38.0 Å². The van der Waals surface area contributed by atoms with Crippen LogP contribution in [0, 0.1) is 5.92 Å². The van der Waals surface area contributed by atoms with Crippen LogP contribution in [0.5, 0.6) is 0 Å². The largest absolute Gasteiger partial charge is 0.381 e. The molecule has 108 valence electrons. The molecular formula is C15H31NO2. The molecule has 0 bridgehead atoms. The Labute approximate surface area is 113 Å². The fraction of sp³-hybridized carbons (Fsp3) is 1.00. The molecule has 3 unspecified atom stereocenters. The molecule has 0 heterocycles. The maximum Gasteiger partial charge on any atom is 0.0600 e. The number of hydrogen-bond donors (Lipinski definition) is 1. The van der Waals surface area contributed by atoms with E-state index in [1.807, 2.05) is 7.11 Å². The second kappa shape index (κ2) is 7.46. The van der Waals surface area contributed by atoms with E-state index in [9.17, 15) is 0 Å². The molecule has 1 fully saturated rings. The van der Waals surface area contributed by atoms with Gasteiger partial charge in [-0.1, -0.05) is 6.92 Å². The van der Waals surface area contributed by atoms with Crippen LogP contribution < -0.4 is 5.32 Å². The Kier molecular flexibility index (Phi) is 6.61. The maximum absolute atomic E-state index is 6.02. The molecule has 0 aromatic rings. The quantitative estimate of drug-likeness (QED) is 0.793. The summed E-state index contributed by atoms with van der Waals surface area (Å²) in [7, 11) is 1.81. The minimum Gasteiger partial charge on any atom is -0.381 e. The highest BCUT2D eigenvalue weighted by Gasteiger charge is 2.22. The van der Waals surface area contributed by atoms with E-state index in [4.69, 9.17) is 9.47 Å². The highest BCUT2D eigenvalue weighted by atomic mass is 16.5. The molecule has 1 aliphatic carbocycles. The second-order valence-corrected chi connectivity index (χ2v) is 6.72. The minimum absolute atomic E-state index is 0.195. The Hall–Kier alpha value is -0.120. The smallest absolute Gasteiger partial charge is 0.0600 e. The molecular weight excluding hydrogens is 226 g/mol. The SMILES string of the molecule is COC1CCCC(OCC(C)CNC(C)(C)C)C1. The average Bonchev–Trinajstić information content (AvgIpc) is 2.33. The van der Waals surface area contributed by atoms with Crippen LogP contribution in [0.15, 0.2) is 0 Å². The molecule has 1 rings (SSSR count). The lowest BCUT2D eigenvalue weighted by Gasteiger charge is -2.29. The van der Waals surface area contributed by atoms with Crippen molar-refractivity contribution in [2.75, 3.05) is 20.3 Å². The number of methoxy groups -OCH3 is 1. The molecule has 0 aromatic heterocycles. The number of hydrogen-bond acceptors (Lipinski definition) is 3. The van der Waals surface area contributed by atoms with Crippen LogP contribution in [0.1, 0.15) is 53.4 Å². The second-order valence-electron chi connectivity index (χ2n) is 6.72. The van der Waals surface area contributed by atoms with E-state index in [1.165, 1.54) is 19.3 Å². The van der Waals surface area contributed by atoms with Crippen molar-refractivity contribution in [3.63, 3.8) is 0 Å². The molecule has 0 spiro atoms. The van der Waals surface area contributed by atoms with Gasteiger partial charge in [-0.3, -0.25) is 0 Å². The monoisotopic (exact) mass is 257 g/mol. The van der Waals surface area contributed by atoms with Gasteiger partial charge in [0.25, 0.3) is 0 Å². The molecule has 0 aliphatic heterocycles. The van der Waals surface area contributed by atoms with Crippen LogP contribution in [0.4, 0.5) is 0 Å². The first-order valence-electron chi connectivity index (χ1n) is 7.30. The van der Waals surface area contributed by atoms with Crippen molar-refractivity contribution in [1.29, 1.82) is 0 Å². The Morgan fingerprint density at radius 3 is 2.50 bits per heavy atom. The van der Waals surface area contributed by atoms with Gasteiger partial charge in [-0.2, -0.15) is 0 Å². The van der Waals surface area contributed by atoms with Gasteiger partial charge >= 0.3 is 0 Å². The van der Waals surface area contributed by atoms with Gasteiger partial charge in [-0.25, -0.2) is 0 Å². The molecule has 1 N–H and O–H groups in total. The van der Waals surface area contributed by atoms with Crippen molar-refractivity contribution in [3.8, 4) is 0 Å². The van der Waals surface area contributed by atoms with Crippen molar-refractivity contribution in [1.82, 2.24) is 5.32 Å². The standard InChI is InChI=1S/C15H31NO2/c1-12(10-16-15(2,3)4)11-18-14-8-6-7-13(9-14)17-5/h12-14,16H,6-11H2,1-5H3. The molecule has 0 aromatic carbocycles. The van der Waals surface area contributed by atoms with Crippen LogP contribution in [0.2, 0.25) is 0 Å². The lowest BCUT2D eigenvalue weighted by Crippen LogP contribution is -2.40. The summed E-state index contributed by atoms with van der Waals surface area (Å²) in [5, 5.41) is 3.52. The summed E-state index contributed by atoms with van der Waals surface area (Å²) in [6, 6.07) is 0. The van der Waals surface area contributed by atoms with Crippen molar-refractivity contribution in [3.05, 3.63) is 0 Å². The molecule has 0 amide bonds. The lowest BCUT2D eigenvalue weighted by molar-refractivity contribution is -0.0385. The van der Waals surface area contributed by atoms with Gasteiger partial charge in [0.15, 0.2) is 0 Å². The molecule has 3 nitrogen and oxygen atoms in total. The molecule has 18 heavy (non-hydrogen) atoms. The van der Waals surface area contributed by atoms with Gasteiger partial charge in [-0.05, 0) is 52.4 Å². The van der Waals surface area contributed by atoms with E-state index in [0.717, 1.165) is 19.6 Å². The van der Waals surface area contributed by atoms with Crippen LogP contribution in [0.3, 0.4) is 0 Å². The minimum atomic E-state index is 0.195. The molecule has 0 radical (unpaired) electrons. The summed E-state index contributed by atoms with van der Waals surface area (Å²) >= 11 is 0. The zero-order valence-corrected chi connectivity index (χ0v) is 12.8. The molecule has 0 saturated heterocycles. The van der Waals surface area contributed by atoms with E-state index in [0.29, 0.717) is 18.1 Å². The average molecular weight is 257 g/mol. The predicted molar refractivity (Wildman–Crippen MR) is 75.9 cm³/mol. The Balaban J connectivity index is 2.15.